The van der Waals surface area contributed by atoms with Crippen molar-refractivity contribution in [2.45, 2.75) is 13.5 Å². The van der Waals surface area contributed by atoms with Crippen LogP contribution in [0.25, 0.3) is 11.1 Å². The highest BCUT2D eigenvalue weighted by atomic mass is 19.3. The van der Waals surface area contributed by atoms with Crippen molar-refractivity contribution in [3.05, 3.63) is 48.0 Å². The molecular formula is C14H13F2NO. The van der Waals surface area contributed by atoms with Crippen LogP contribution >= 0.6 is 0 Å². The largest absolute Gasteiger partial charge is 0.433 e. The zero-order valence-corrected chi connectivity index (χ0v) is 9.86. The summed E-state index contributed by atoms with van der Waals surface area (Å²) in [5.74, 6) is 0.00371. The number of halogens is 2. The average Bonchev–Trinajstić information content (AvgIpc) is 2.31. The van der Waals surface area contributed by atoms with Gasteiger partial charge in [-0.25, -0.2) is 0 Å². The maximum Gasteiger partial charge on any atom is 0.387 e. The number of ether oxygens (including phenoxy) is 1. The number of hydrogen-bond donors (Lipinski definition) is 1. The molecule has 2 rings (SSSR count). The van der Waals surface area contributed by atoms with E-state index in [-0.39, 0.29) is 11.4 Å². The van der Waals surface area contributed by atoms with E-state index in [1.807, 2.05) is 31.2 Å². The van der Waals surface area contributed by atoms with Gasteiger partial charge in [-0.05, 0) is 30.2 Å². The molecule has 94 valence electrons. The van der Waals surface area contributed by atoms with Crippen molar-refractivity contribution >= 4 is 5.69 Å². The summed E-state index contributed by atoms with van der Waals surface area (Å²) in [7, 11) is 0. The maximum absolute atomic E-state index is 12.2. The van der Waals surface area contributed by atoms with Crippen LogP contribution in [0.2, 0.25) is 0 Å². The number of hydrogen-bond acceptors (Lipinski definition) is 2. The quantitative estimate of drug-likeness (QED) is 0.838. The molecule has 18 heavy (non-hydrogen) atoms. The Morgan fingerprint density at radius 1 is 1.06 bits per heavy atom. The van der Waals surface area contributed by atoms with Gasteiger partial charge in [-0.2, -0.15) is 8.78 Å². The summed E-state index contributed by atoms with van der Waals surface area (Å²) in [4.78, 5) is 0. The van der Waals surface area contributed by atoms with Crippen LogP contribution in [-0.2, 0) is 0 Å². The Labute approximate surface area is 104 Å². The number of anilines is 1. The van der Waals surface area contributed by atoms with Crippen molar-refractivity contribution in [1.82, 2.24) is 0 Å². The number of aryl methyl sites for hydroxylation is 1. The van der Waals surface area contributed by atoms with E-state index in [0.29, 0.717) is 0 Å². The average molecular weight is 249 g/mol. The maximum atomic E-state index is 12.2. The lowest BCUT2D eigenvalue weighted by molar-refractivity contribution is -0.0492. The van der Waals surface area contributed by atoms with Crippen molar-refractivity contribution in [2.24, 2.45) is 0 Å². The fraction of sp³-hybridized carbons (Fsp3) is 0.143. The topological polar surface area (TPSA) is 35.2 Å². The fourth-order valence-corrected chi connectivity index (χ4v) is 1.74. The predicted molar refractivity (Wildman–Crippen MR) is 67.7 cm³/mol. The Hall–Kier alpha value is -2.10. The number of benzene rings is 2. The highest BCUT2D eigenvalue weighted by Gasteiger charge is 2.09. The Kier molecular flexibility index (Phi) is 3.46. The van der Waals surface area contributed by atoms with Gasteiger partial charge in [-0.3, -0.25) is 0 Å². The van der Waals surface area contributed by atoms with Crippen LogP contribution in [0.5, 0.6) is 5.75 Å². The number of nitrogens with two attached hydrogens (primary N) is 1. The van der Waals surface area contributed by atoms with E-state index in [1.165, 1.54) is 6.07 Å². The molecule has 0 aliphatic heterocycles. The van der Waals surface area contributed by atoms with E-state index >= 15 is 0 Å². The monoisotopic (exact) mass is 249 g/mol. The number of alkyl halides is 2. The van der Waals surface area contributed by atoms with E-state index in [9.17, 15) is 8.78 Å². The molecule has 0 spiro atoms. The van der Waals surface area contributed by atoms with Crippen molar-refractivity contribution in [1.29, 1.82) is 0 Å². The van der Waals surface area contributed by atoms with Crippen molar-refractivity contribution in [3.63, 3.8) is 0 Å². The molecule has 0 radical (unpaired) electrons. The third-order valence-electron chi connectivity index (χ3n) is 2.58. The van der Waals surface area contributed by atoms with Crippen LogP contribution in [0.4, 0.5) is 14.5 Å². The van der Waals surface area contributed by atoms with Gasteiger partial charge >= 0.3 is 6.61 Å². The van der Waals surface area contributed by atoms with Gasteiger partial charge in [0.05, 0.1) is 5.69 Å². The number of rotatable bonds is 3. The third kappa shape index (κ3) is 2.77. The first kappa shape index (κ1) is 12.4. The normalized spacial score (nSPS) is 10.7. The van der Waals surface area contributed by atoms with Gasteiger partial charge in [0.25, 0.3) is 0 Å². The molecule has 2 aromatic rings. The first-order chi connectivity index (χ1) is 8.56. The molecule has 0 fully saturated rings. The lowest BCUT2D eigenvalue weighted by Crippen LogP contribution is -2.04. The standard InChI is InChI=1S/C14H13F2NO/c1-9-3-2-4-10(7-9)11-5-6-12(17)13(8-11)18-14(15)16/h2-8,14H,17H2,1H3. The van der Waals surface area contributed by atoms with Crippen LogP contribution in [0.3, 0.4) is 0 Å². The van der Waals surface area contributed by atoms with Gasteiger partial charge in [0.2, 0.25) is 0 Å². The molecule has 2 N–H and O–H groups in total. The second kappa shape index (κ2) is 5.04. The Morgan fingerprint density at radius 2 is 1.78 bits per heavy atom. The zero-order chi connectivity index (χ0) is 13.1. The highest BCUT2D eigenvalue weighted by Crippen LogP contribution is 2.30. The van der Waals surface area contributed by atoms with Gasteiger partial charge < -0.3 is 10.5 Å². The van der Waals surface area contributed by atoms with Gasteiger partial charge in [0, 0.05) is 0 Å². The molecule has 0 aliphatic rings. The van der Waals surface area contributed by atoms with Gasteiger partial charge in [0.15, 0.2) is 0 Å². The molecule has 0 saturated carbocycles. The number of nitrogen functional groups attached to an aromatic ring is 1. The van der Waals surface area contributed by atoms with Gasteiger partial charge in [0.1, 0.15) is 5.75 Å². The fourth-order valence-electron chi connectivity index (χ4n) is 1.74. The lowest BCUT2D eigenvalue weighted by Gasteiger charge is -2.10. The molecule has 2 nitrogen and oxygen atoms in total. The van der Waals surface area contributed by atoms with E-state index in [4.69, 9.17) is 5.73 Å². The van der Waals surface area contributed by atoms with Crippen molar-refractivity contribution in [2.75, 3.05) is 5.73 Å². The summed E-state index contributed by atoms with van der Waals surface area (Å²) in [6, 6.07) is 12.6. The summed E-state index contributed by atoms with van der Waals surface area (Å²) >= 11 is 0. The van der Waals surface area contributed by atoms with E-state index in [2.05, 4.69) is 4.74 Å². The Morgan fingerprint density at radius 3 is 2.44 bits per heavy atom. The smallest absolute Gasteiger partial charge is 0.387 e. The zero-order valence-electron chi connectivity index (χ0n) is 9.86. The minimum Gasteiger partial charge on any atom is -0.433 e. The van der Waals surface area contributed by atoms with E-state index in [1.54, 1.807) is 12.1 Å². The summed E-state index contributed by atoms with van der Waals surface area (Å²) < 4.78 is 28.8. The molecule has 0 unspecified atom stereocenters. The summed E-state index contributed by atoms with van der Waals surface area (Å²) in [6.07, 6.45) is 0. The second-order valence-corrected chi connectivity index (χ2v) is 4.00. The third-order valence-corrected chi connectivity index (χ3v) is 2.58. The molecule has 0 amide bonds. The molecule has 0 bridgehead atoms. The summed E-state index contributed by atoms with van der Waals surface area (Å²) in [5, 5.41) is 0. The SMILES string of the molecule is Cc1cccc(-c2ccc(N)c(OC(F)F)c2)c1. The van der Waals surface area contributed by atoms with Gasteiger partial charge in [-0.1, -0.05) is 35.9 Å². The second-order valence-electron chi connectivity index (χ2n) is 4.00. The molecular weight excluding hydrogens is 236 g/mol. The first-order valence-electron chi connectivity index (χ1n) is 5.47. The van der Waals surface area contributed by atoms with Gasteiger partial charge in [-0.15, -0.1) is 0 Å². The van der Waals surface area contributed by atoms with Crippen LogP contribution in [0.1, 0.15) is 5.56 Å². The van der Waals surface area contributed by atoms with Crippen LogP contribution < -0.4 is 10.5 Å². The van der Waals surface area contributed by atoms with Crippen molar-refractivity contribution < 1.29 is 13.5 Å². The molecule has 0 aliphatic carbocycles. The lowest BCUT2D eigenvalue weighted by atomic mass is 10.0. The molecule has 0 atom stereocenters. The summed E-state index contributed by atoms with van der Waals surface area (Å²) in [6.45, 7) is -0.905. The van der Waals surface area contributed by atoms with Crippen LogP contribution in [0.15, 0.2) is 42.5 Å². The molecule has 0 saturated heterocycles. The Balaban J connectivity index is 2.40. The molecule has 0 heterocycles. The minimum absolute atomic E-state index is 0.00371. The summed E-state index contributed by atoms with van der Waals surface area (Å²) in [5.41, 5.74) is 8.62. The first-order valence-corrected chi connectivity index (χ1v) is 5.47. The minimum atomic E-state index is -2.87. The molecule has 2 aromatic carbocycles. The van der Waals surface area contributed by atoms with E-state index < -0.39 is 6.61 Å². The van der Waals surface area contributed by atoms with Crippen molar-refractivity contribution in [3.8, 4) is 16.9 Å². The highest BCUT2D eigenvalue weighted by molar-refractivity contribution is 5.70. The molecule has 0 aromatic heterocycles. The molecule has 4 heteroatoms. The van der Waals surface area contributed by atoms with E-state index in [0.717, 1.165) is 16.7 Å². The Bertz CT molecular complexity index is 555. The van der Waals surface area contributed by atoms with Crippen LogP contribution in [0, 0.1) is 6.92 Å². The predicted octanol–water partition coefficient (Wildman–Crippen LogP) is 3.85. The van der Waals surface area contributed by atoms with Crippen LogP contribution in [-0.4, -0.2) is 6.61 Å².